The topological polar surface area (TPSA) is 94.4 Å². The lowest BCUT2D eigenvalue weighted by Gasteiger charge is -2.17. The quantitative estimate of drug-likeness (QED) is 0.319. The fraction of sp³-hybridized carbons (Fsp3) is 0.0909. The maximum absolute atomic E-state index is 12.7. The average molecular weight is 489 g/mol. The SMILES string of the molecule is O=S(=O)(/N=C(\NO)N1CC(c2ccccc2)C(c2ccc(Cl)cc2)=N1)c1ccc(Cl)cc1. The van der Waals surface area contributed by atoms with E-state index in [0.717, 1.165) is 11.1 Å². The number of nitrogens with one attached hydrogen (secondary N) is 1. The molecule has 0 amide bonds. The van der Waals surface area contributed by atoms with Crippen LogP contribution in [0, 0.1) is 0 Å². The third kappa shape index (κ3) is 4.78. The molecule has 3 aromatic carbocycles. The van der Waals surface area contributed by atoms with Crippen LogP contribution in [0.5, 0.6) is 0 Å². The van der Waals surface area contributed by atoms with E-state index in [1.165, 1.54) is 29.3 Å². The minimum atomic E-state index is -4.12. The van der Waals surface area contributed by atoms with Crippen molar-refractivity contribution in [3.05, 3.63) is 100 Å². The van der Waals surface area contributed by atoms with Gasteiger partial charge in [0.1, 0.15) is 0 Å². The molecule has 3 aromatic rings. The van der Waals surface area contributed by atoms with Gasteiger partial charge in [-0.05, 0) is 47.5 Å². The molecule has 1 aliphatic heterocycles. The minimum absolute atomic E-state index is 0.0599. The summed E-state index contributed by atoms with van der Waals surface area (Å²) in [7, 11) is -4.12. The van der Waals surface area contributed by atoms with Crippen molar-refractivity contribution >= 4 is 44.9 Å². The first-order valence-corrected chi connectivity index (χ1v) is 11.7. The van der Waals surface area contributed by atoms with Crippen LogP contribution in [-0.4, -0.2) is 36.8 Å². The van der Waals surface area contributed by atoms with Crippen molar-refractivity contribution in [3.63, 3.8) is 0 Å². The van der Waals surface area contributed by atoms with Gasteiger partial charge in [-0.1, -0.05) is 65.7 Å². The number of halogens is 2. The fourth-order valence-electron chi connectivity index (χ4n) is 3.36. The van der Waals surface area contributed by atoms with E-state index in [-0.39, 0.29) is 23.3 Å². The first-order valence-electron chi connectivity index (χ1n) is 9.55. The van der Waals surface area contributed by atoms with Crippen molar-refractivity contribution < 1.29 is 13.6 Å². The molecule has 0 saturated carbocycles. The molecule has 1 heterocycles. The van der Waals surface area contributed by atoms with Gasteiger partial charge in [-0.3, -0.25) is 5.21 Å². The lowest BCUT2D eigenvalue weighted by Crippen LogP contribution is -2.36. The second-order valence-electron chi connectivity index (χ2n) is 6.99. The van der Waals surface area contributed by atoms with Gasteiger partial charge >= 0.3 is 0 Å². The zero-order valence-corrected chi connectivity index (χ0v) is 18.9. The van der Waals surface area contributed by atoms with Crippen LogP contribution in [-0.2, 0) is 10.0 Å². The molecule has 0 aromatic heterocycles. The molecule has 0 bridgehead atoms. The van der Waals surface area contributed by atoms with Crippen LogP contribution in [0.2, 0.25) is 10.0 Å². The van der Waals surface area contributed by atoms with E-state index in [4.69, 9.17) is 23.2 Å². The smallest absolute Gasteiger partial charge is 0.285 e. The third-order valence-corrected chi connectivity index (χ3v) is 6.70. The van der Waals surface area contributed by atoms with Crippen LogP contribution in [0.15, 0.2) is 93.3 Å². The van der Waals surface area contributed by atoms with E-state index in [9.17, 15) is 13.6 Å². The van der Waals surface area contributed by atoms with Crippen LogP contribution in [0.3, 0.4) is 0 Å². The van der Waals surface area contributed by atoms with Crippen LogP contribution in [0.1, 0.15) is 17.0 Å². The Morgan fingerprint density at radius 3 is 2.16 bits per heavy atom. The molecule has 0 aliphatic carbocycles. The van der Waals surface area contributed by atoms with Crippen LogP contribution in [0.4, 0.5) is 0 Å². The molecule has 1 atom stereocenters. The van der Waals surface area contributed by atoms with E-state index < -0.39 is 10.0 Å². The molecule has 0 radical (unpaired) electrons. The second-order valence-corrected chi connectivity index (χ2v) is 9.47. The number of hydrazone groups is 1. The predicted octanol–water partition coefficient (Wildman–Crippen LogP) is 4.52. The summed E-state index contributed by atoms with van der Waals surface area (Å²) in [6.07, 6.45) is 0. The van der Waals surface area contributed by atoms with Crippen molar-refractivity contribution in [1.29, 1.82) is 0 Å². The van der Waals surface area contributed by atoms with Gasteiger partial charge in [0.25, 0.3) is 16.0 Å². The van der Waals surface area contributed by atoms with Gasteiger partial charge in [-0.2, -0.15) is 13.5 Å². The van der Waals surface area contributed by atoms with Crippen LogP contribution >= 0.6 is 23.2 Å². The number of guanidine groups is 1. The first-order chi connectivity index (χ1) is 15.4. The summed E-state index contributed by atoms with van der Waals surface area (Å²) in [5.74, 6) is -0.501. The second kappa shape index (κ2) is 9.30. The number of benzene rings is 3. The standard InChI is InChI=1S/C22H18Cl2N4O3S/c23-17-8-6-16(7-9-17)21-20(15-4-2-1-3-5-15)14-28(25-21)22(26-29)27-32(30,31)19-12-10-18(24)11-13-19/h1-13,20,29H,14H2,(H,26,27). The number of hydrogen-bond donors (Lipinski definition) is 2. The van der Waals surface area contributed by atoms with Gasteiger partial charge in [0, 0.05) is 16.0 Å². The lowest BCUT2D eigenvalue weighted by atomic mass is 9.91. The van der Waals surface area contributed by atoms with Gasteiger partial charge in [-0.15, -0.1) is 4.40 Å². The van der Waals surface area contributed by atoms with E-state index in [2.05, 4.69) is 9.50 Å². The molecule has 0 fully saturated rings. The van der Waals surface area contributed by atoms with Crippen LogP contribution in [0.25, 0.3) is 0 Å². The monoisotopic (exact) mass is 488 g/mol. The Hall–Kier alpha value is -2.91. The first kappa shape index (κ1) is 22.3. The van der Waals surface area contributed by atoms with Gasteiger partial charge in [0.05, 0.1) is 17.2 Å². The highest BCUT2D eigenvalue weighted by atomic mass is 35.5. The summed E-state index contributed by atoms with van der Waals surface area (Å²) in [6, 6.07) is 22.5. The maximum Gasteiger partial charge on any atom is 0.285 e. The van der Waals surface area contributed by atoms with Crippen LogP contribution < -0.4 is 5.48 Å². The third-order valence-electron chi connectivity index (χ3n) is 4.92. The summed E-state index contributed by atoms with van der Waals surface area (Å²) in [4.78, 5) is -0.0599. The molecule has 2 N–H and O–H groups in total. The van der Waals surface area contributed by atoms with Gasteiger partial charge in [0.15, 0.2) is 0 Å². The van der Waals surface area contributed by atoms with E-state index in [0.29, 0.717) is 15.8 Å². The van der Waals surface area contributed by atoms with E-state index in [1.807, 2.05) is 47.9 Å². The normalized spacial score (nSPS) is 16.7. The zero-order chi connectivity index (χ0) is 22.7. The molecule has 4 rings (SSSR count). The number of hydrogen-bond acceptors (Lipinski definition) is 4. The summed E-state index contributed by atoms with van der Waals surface area (Å²) < 4.78 is 29.2. The highest BCUT2D eigenvalue weighted by molar-refractivity contribution is 7.90. The number of hydroxylamine groups is 1. The molecule has 0 saturated heterocycles. The molecular formula is C22H18Cl2N4O3S. The van der Waals surface area contributed by atoms with Gasteiger partial charge in [-0.25, -0.2) is 10.5 Å². The maximum atomic E-state index is 12.7. The van der Waals surface area contributed by atoms with Gasteiger partial charge in [0.2, 0.25) is 0 Å². The Labute approximate surface area is 195 Å². The molecule has 10 heteroatoms. The number of nitrogens with zero attached hydrogens (tertiary/aromatic N) is 3. The van der Waals surface area contributed by atoms with Crippen molar-refractivity contribution in [2.75, 3.05) is 6.54 Å². The molecular weight excluding hydrogens is 471 g/mol. The highest BCUT2D eigenvalue weighted by Crippen LogP contribution is 2.29. The molecule has 164 valence electrons. The Balaban J connectivity index is 1.73. The number of rotatable bonds is 4. The minimum Gasteiger partial charge on any atom is -0.288 e. The van der Waals surface area contributed by atoms with Crippen molar-refractivity contribution in [1.82, 2.24) is 10.5 Å². The van der Waals surface area contributed by atoms with E-state index >= 15 is 0 Å². The highest BCUT2D eigenvalue weighted by Gasteiger charge is 2.32. The van der Waals surface area contributed by atoms with Gasteiger partial charge < -0.3 is 0 Å². The van der Waals surface area contributed by atoms with Crippen molar-refractivity contribution in [2.24, 2.45) is 9.50 Å². The average Bonchev–Trinajstić information content (AvgIpc) is 3.24. The molecule has 1 aliphatic rings. The molecule has 32 heavy (non-hydrogen) atoms. The fourth-order valence-corrected chi connectivity index (χ4v) is 4.56. The molecule has 1 unspecified atom stereocenters. The van der Waals surface area contributed by atoms with Crippen molar-refractivity contribution in [2.45, 2.75) is 10.8 Å². The summed E-state index contributed by atoms with van der Waals surface area (Å²) in [6.45, 7) is 0.268. The Morgan fingerprint density at radius 2 is 1.56 bits per heavy atom. The summed E-state index contributed by atoms with van der Waals surface area (Å²) in [5.41, 5.74) is 4.38. The molecule has 0 spiro atoms. The largest absolute Gasteiger partial charge is 0.288 e. The lowest BCUT2D eigenvalue weighted by molar-refractivity contribution is 0.213. The number of sulfonamides is 1. The van der Waals surface area contributed by atoms with Crippen molar-refractivity contribution in [3.8, 4) is 0 Å². The Kier molecular flexibility index (Phi) is 6.48. The Morgan fingerprint density at radius 1 is 0.969 bits per heavy atom. The van der Waals surface area contributed by atoms with E-state index in [1.54, 1.807) is 12.1 Å². The summed E-state index contributed by atoms with van der Waals surface area (Å²) >= 11 is 11.9. The summed E-state index contributed by atoms with van der Waals surface area (Å²) in [5, 5.41) is 16.6. The predicted molar refractivity (Wildman–Crippen MR) is 125 cm³/mol. The Bertz CT molecular complexity index is 1260. The zero-order valence-electron chi connectivity index (χ0n) is 16.6. The molecule has 7 nitrogen and oxygen atoms in total.